The van der Waals surface area contributed by atoms with Crippen molar-refractivity contribution in [1.82, 2.24) is 5.32 Å². The minimum absolute atomic E-state index is 0.0583. The fourth-order valence-corrected chi connectivity index (χ4v) is 4.24. The zero-order valence-electron chi connectivity index (χ0n) is 17.8. The van der Waals surface area contributed by atoms with Crippen molar-refractivity contribution in [1.29, 1.82) is 0 Å². The first-order valence-corrected chi connectivity index (χ1v) is 10.9. The number of amides is 1. The van der Waals surface area contributed by atoms with Crippen LogP contribution in [0.1, 0.15) is 24.1 Å². The molecule has 0 saturated carbocycles. The number of hydrogen-bond donors (Lipinski definition) is 2. The van der Waals surface area contributed by atoms with Crippen LogP contribution in [-0.4, -0.2) is 38.1 Å². The van der Waals surface area contributed by atoms with Crippen LogP contribution >= 0.6 is 0 Å². The molecular weight excluding hydrogens is 389 g/mol. The lowest BCUT2D eigenvalue weighted by atomic mass is 9.98. The number of carbonyl (C=O) groups is 1. The Bertz CT molecular complexity index is 931. The maximum Gasteiger partial charge on any atom is 0.278 e. The number of halogens is 1. The van der Waals surface area contributed by atoms with Gasteiger partial charge in [0.1, 0.15) is 5.82 Å². The molecule has 2 N–H and O–H groups in total. The molecule has 1 aliphatic heterocycles. The number of hydrogen-bond acceptors (Lipinski definition) is 2. The maximum absolute atomic E-state index is 13.2. The van der Waals surface area contributed by atoms with Crippen LogP contribution < -0.4 is 15.1 Å². The van der Waals surface area contributed by atoms with Crippen LogP contribution in [0.4, 0.5) is 10.1 Å². The molecule has 31 heavy (non-hydrogen) atoms. The Hall–Kier alpha value is -3.18. The number of benzene rings is 3. The third-order valence-electron chi connectivity index (χ3n) is 6.16. The summed E-state index contributed by atoms with van der Waals surface area (Å²) >= 11 is 0. The van der Waals surface area contributed by atoms with Gasteiger partial charge in [0.15, 0.2) is 6.04 Å². The molecule has 4 rings (SSSR count). The Morgan fingerprint density at radius 2 is 1.39 bits per heavy atom. The van der Waals surface area contributed by atoms with Gasteiger partial charge in [0.05, 0.1) is 32.2 Å². The molecule has 3 aromatic carbocycles. The third-order valence-corrected chi connectivity index (χ3v) is 6.16. The Labute approximate surface area is 183 Å². The van der Waals surface area contributed by atoms with E-state index < -0.39 is 0 Å². The van der Waals surface area contributed by atoms with Gasteiger partial charge in [-0.15, -0.1) is 0 Å². The quantitative estimate of drug-likeness (QED) is 0.646. The average molecular weight is 419 g/mol. The molecule has 160 valence electrons. The van der Waals surface area contributed by atoms with Crippen molar-refractivity contribution in [2.75, 3.05) is 31.1 Å². The van der Waals surface area contributed by atoms with Gasteiger partial charge in [0, 0.05) is 5.69 Å². The highest BCUT2D eigenvalue weighted by Crippen LogP contribution is 2.21. The monoisotopic (exact) mass is 418 g/mol. The summed E-state index contributed by atoms with van der Waals surface area (Å²) < 4.78 is 13.2. The SMILES string of the molecule is C[C@H](C(=O)NC(c1ccccc1)c1ccccc1)[NH+]1CCN(c2ccc(F)cc2)CC1. The predicted molar refractivity (Wildman–Crippen MR) is 122 cm³/mol. The largest absolute Gasteiger partial charge is 0.360 e. The van der Waals surface area contributed by atoms with Crippen LogP contribution in [0.15, 0.2) is 84.9 Å². The summed E-state index contributed by atoms with van der Waals surface area (Å²) in [5, 5.41) is 3.28. The van der Waals surface area contributed by atoms with Gasteiger partial charge in [0.25, 0.3) is 5.91 Å². The Morgan fingerprint density at radius 3 is 1.90 bits per heavy atom. The molecule has 0 bridgehead atoms. The van der Waals surface area contributed by atoms with Gasteiger partial charge in [0.2, 0.25) is 0 Å². The average Bonchev–Trinajstić information content (AvgIpc) is 2.83. The van der Waals surface area contributed by atoms with E-state index >= 15 is 0 Å². The summed E-state index contributed by atoms with van der Waals surface area (Å²) in [5.41, 5.74) is 3.18. The van der Waals surface area contributed by atoms with Crippen LogP contribution in [0.5, 0.6) is 0 Å². The molecule has 1 fully saturated rings. The number of nitrogens with zero attached hydrogens (tertiary/aromatic N) is 1. The van der Waals surface area contributed by atoms with Crippen molar-refractivity contribution in [2.24, 2.45) is 0 Å². The highest BCUT2D eigenvalue weighted by atomic mass is 19.1. The van der Waals surface area contributed by atoms with Crippen LogP contribution in [0, 0.1) is 5.82 Å². The Morgan fingerprint density at radius 1 is 0.871 bits per heavy atom. The van der Waals surface area contributed by atoms with E-state index in [2.05, 4.69) is 34.5 Å². The highest BCUT2D eigenvalue weighted by Gasteiger charge is 2.31. The van der Waals surface area contributed by atoms with Gasteiger partial charge in [-0.1, -0.05) is 60.7 Å². The summed E-state index contributed by atoms with van der Waals surface area (Å²) in [7, 11) is 0. The van der Waals surface area contributed by atoms with Gasteiger partial charge in [-0.3, -0.25) is 4.79 Å². The lowest BCUT2D eigenvalue weighted by Crippen LogP contribution is -3.19. The summed E-state index contributed by atoms with van der Waals surface area (Å²) in [5.74, 6) is -0.160. The second kappa shape index (κ2) is 9.75. The van der Waals surface area contributed by atoms with Crippen LogP contribution in [0.2, 0.25) is 0 Å². The van der Waals surface area contributed by atoms with Gasteiger partial charge in [-0.2, -0.15) is 0 Å². The van der Waals surface area contributed by atoms with Crippen molar-refractivity contribution in [3.8, 4) is 0 Å². The zero-order chi connectivity index (χ0) is 21.6. The van der Waals surface area contributed by atoms with Crippen molar-refractivity contribution in [3.05, 3.63) is 102 Å². The van der Waals surface area contributed by atoms with E-state index in [-0.39, 0.29) is 23.8 Å². The van der Waals surface area contributed by atoms with Crippen molar-refractivity contribution in [2.45, 2.75) is 19.0 Å². The number of nitrogens with one attached hydrogen (secondary N) is 2. The van der Waals surface area contributed by atoms with E-state index in [1.807, 2.05) is 55.5 Å². The molecule has 0 radical (unpaired) electrons. The lowest BCUT2D eigenvalue weighted by Gasteiger charge is -2.36. The molecule has 3 aromatic rings. The fraction of sp³-hybridized carbons (Fsp3) is 0.269. The van der Waals surface area contributed by atoms with Crippen LogP contribution in [0.25, 0.3) is 0 Å². The summed E-state index contributed by atoms with van der Waals surface area (Å²) in [6.45, 7) is 5.44. The molecule has 0 aliphatic carbocycles. The van der Waals surface area contributed by atoms with E-state index in [9.17, 15) is 9.18 Å². The van der Waals surface area contributed by atoms with E-state index in [0.717, 1.165) is 43.0 Å². The second-order valence-corrected chi connectivity index (χ2v) is 8.11. The predicted octanol–water partition coefficient (Wildman–Crippen LogP) is 2.82. The summed E-state index contributed by atoms with van der Waals surface area (Å²) in [6, 6.07) is 26.5. The molecule has 1 aliphatic rings. The van der Waals surface area contributed by atoms with E-state index in [4.69, 9.17) is 0 Å². The number of anilines is 1. The molecule has 1 heterocycles. The highest BCUT2D eigenvalue weighted by molar-refractivity contribution is 5.81. The van der Waals surface area contributed by atoms with Crippen molar-refractivity contribution >= 4 is 11.6 Å². The molecule has 0 aromatic heterocycles. The summed E-state index contributed by atoms with van der Waals surface area (Å²) in [6.07, 6.45) is 0. The molecule has 1 saturated heterocycles. The number of rotatable bonds is 6. The van der Waals surface area contributed by atoms with E-state index in [0.29, 0.717) is 0 Å². The third kappa shape index (κ3) is 5.12. The first-order valence-electron chi connectivity index (χ1n) is 10.9. The van der Waals surface area contributed by atoms with Crippen LogP contribution in [-0.2, 0) is 4.79 Å². The standard InChI is InChI=1S/C26H28FN3O/c1-20(29-16-18-30(19-17-29)24-14-12-23(27)13-15-24)26(31)28-25(21-8-4-2-5-9-21)22-10-6-3-7-11-22/h2-15,20,25H,16-19H2,1H3,(H,28,31)/p+1/t20-/m1/s1. The Balaban J connectivity index is 1.41. The minimum atomic E-state index is -0.218. The molecule has 0 spiro atoms. The van der Waals surface area contributed by atoms with Gasteiger partial charge in [-0.25, -0.2) is 4.39 Å². The van der Waals surface area contributed by atoms with Crippen molar-refractivity contribution in [3.63, 3.8) is 0 Å². The maximum atomic E-state index is 13.2. The van der Waals surface area contributed by atoms with E-state index in [1.54, 1.807) is 0 Å². The first-order chi connectivity index (χ1) is 15.1. The van der Waals surface area contributed by atoms with Gasteiger partial charge >= 0.3 is 0 Å². The minimum Gasteiger partial charge on any atom is -0.360 e. The summed E-state index contributed by atoms with van der Waals surface area (Å²) in [4.78, 5) is 16.7. The number of piperazine rings is 1. The zero-order valence-corrected chi connectivity index (χ0v) is 17.8. The molecular formula is C26H29FN3O+. The molecule has 0 unspecified atom stereocenters. The second-order valence-electron chi connectivity index (χ2n) is 8.11. The van der Waals surface area contributed by atoms with E-state index in [1.165, 1.54) is 17.0 Å². The van der Waals surface area contributed by atoms with Gasteiger partial charge < -0.3 is 15.1 Å². The lowest BCUT2D eigenvalue weighted by molar-refractivity contribution is -0.914. The smallest absolute Gasteiger partial charge is 0.278 e. The topological polar surface area (TPSA) is 36.8 Å². The number of carbonyl (C=O) groups excluding carboxylic acids is 1. The van der Waals surface area contributed by atoms with Crippen molar-refractivity contribution < 1.29 is 14.1 Å². The molecule has 1 amide bonds. The number of quaternary nitrogens is 1. The molecule has 4 nitrogen and oxygen atoms in total. The molecule has 5 heteroatoms. The van der Waals surface area contributed by atoms with Gasteiger partial charge in [-0.05, 0) is 42.3 Å². The first kappa shape index (κ1) is 21.1. The normalized spacial score (nSPS) is 15.6. The molecule has 1 atom stereocenters. The fourth-order valence-electron chi connectivity index (χ4n) is 4.24. The van der Waals surface area contributed by atoms with Crippen LogP contribution in [0.3, 0.4) is 0 Å². The Kier molecular flexibility index (Phi) is 6.63.